The topological polar surface area (TPSA) is 60.5 Å². The number of nitrogens with zero attached hydrogens (tertiary/aromatic N) is 6. The van der Waals surface area contributed by atoms with Crippen molar-refractivity contribution in [2.45, 2.75) is 46.2 Å². The van der Waals surface area contributed by atoms with Gasteiger partial charge in [0, 0.05) is 69.7 Å². The zero-order chi connectivity index (χ0) is 28.2. The first kappa shape index (κ1) is 27.6. The molecule has 0 radical (unpaired) electrons. The van der Waals surface area contributed by atoms with E-state index in [1.54, 1.807) is 0 Å². The Morgan fingerprint density at radius 2 is 1.62 bits per heavy atom. The summed E-state index contributed by atoms with van der Waals surface area (Å²) in [6.07, 6.45) is 6.27. The number of allylic oxidation sites excluding steroid dienone is 3. The molecular weight excluding hydrogens is 492 g/mol. The van der Waals surface area contributed by atoms with E-state index in [1.807, 2.05) is 18.2 Å². The predicted molar refractivity (Wildman–Crippen MR) is 162 cm³/mol. The van der Waals surface area contributed by atoms with Crippen molar-refractivity contribution in [3.05, 3.63) is 94.2 Å². The van der Waals surface area contributed by atoms with Crippen LogP contribution in [0.15, 0.2) is 66.4 Å². The van der Waals surface area contributed by atoms with E-state index in [1.165, 1.54) is 22.3 Å². The van der Waals surface area contributed by atoms with Gasteiger partial charge in [0.25, 0.3) is 0 Å². The van der Waals surface area contributed by atoms with Gasteiger partial charge in [-0.15, -0.1) is 0 Å². The van der Waals surface area contributed by atoms with E-state index in [-0.39, 0.29) is 0 Å². The molecule has 0 N–H and O–H groups in total. The Hall–Kier alpha value is -4.00. The Morgan fingerprint density at radius 1 is 0.900 bits per heavy atom. The van der Waals surface area contributed by atoms with Crippen molar-refractivity contribution in [1.29, 1.82) is 10.5 Å². The van der Waals surface area contributed by atoms with Crippen LogP contribution in [0.25, 0.3) is 5.70 Å². The number of piperazine rings is 2. The first-order valence-electron chi connectivity index (χ1n) is 14.5. The standard InChI is InChI=1S/C34H40N6/c1-25-19-26(2)32(28(4)40-18-17-39(23-27(40)3)34-12-8-6-10-30(34)22-36)20-31(25)24-37-13-15-38(16-14-37)33-11-7-5-9-29(33)21-35/h5,7,9-12,19-20,27H,4,6,8,13-18,23-24H2,1-3H3. The first-order valence-corrected chi connectivity index (χ1v) is 14.5. The van der Waals surface area contributed by atoms with Crippen molar-refractivity contribution < 1.29 is 0 Å². The lowest BCUT2D eigenvalue weighted by Gasteiger charge is -2.44. The highest BCUT2D eigenvalue weighted by Crippen LogP contribution is 2.31. The van der Waals surface area contributed by atoms with Gasteiger partial charge in [-0.25, -0.2) is 0 Å². The summed E-state index contributed by atoms with van der Waals surface area (Å²) in [5, 5.41) is 19.1. The van der Waals surface area contributed by atoms with Crippen LogP contribution in [0.3, 0.4) is 0 Å². The maximum Gasteiger partial charge on any atom is 0.101 e. The van der Waals surface area contributed by atoms with Gasteiger partial charge < -0.3 is 14.7 Å². The molecule has 6 heteroatoms. The van der Waals surface area contributed by atoms with E-state index in [0.29, 0.717) is 6.04 Å². The summed E-state index contributed by atoms with van der Waals surface area (Å²) < 4.78 is 0. The average molecular weight is 533 g/mol. The van der Waals surface area contributed by atoms with Crippen LogP contribution < -0.4 is 4.90 Å². The number of hydrogen-bond donors (Lipinski definition) is 0. The normalized spacial score (nSPS) is 19.9. The monoisotopic (exact) mass is 532 g/mol. The first-order chi connectivity index (χ1) is 19.4. The Kier molecular flexibility index (Phi) is 8.29. The zero-order valence-corrected chi connectivity index (χ0v) is 24.2. The summed E-state index contributed by atoms with van der Waals surface area (Å²) in [4.78, 5) is 9.69. The van der Waals surface area contributed by atoms with Crippen LogP contribution in [-0.4, -0.2) is 66.6 Å². The van der Waals surface area contributed by atoms with Gasteiger partial charge in [0.15, 0.2) is 0 Å². The fraction of sp³-hybridized carbons (Fsp3) is 0.412. The molecule has 1 unspecified atom stereocenters. The lowest BCUT2D eigenvalue weighted by Crippen LogP contribution is -2.50. The molecule has 2 fully saturated rings. The van der Waals surface area contributed by atoms with Gasteiger partial charge in [-0.2, -0.15) is 10.5 Å². The lowest BCUT2D eigenvalue weighted by molar-refractivity contribution is 0.160. The Bertz CT molecular complexity index is 1410. The van der Waals surface area contributed by atoms with Crippen molar-refractivity contribution in [2.24, 2.45) is 0 Å². The Morgan fingerprint density at radius 3 is 2.35 bits per heavy atom. The number of aryl methyl sites for hydroxylation is 2. The van der Waals surface area contributed by atoms with E-state index < -0.39 is 0 Å². The van der Waals surface area contributed by atoms with Gasteiger partial charge >= 0.3 is 0 Å². The fourth-order valence-corrected chi connectivity index (χ4v) is 6.41. The van der Waals surface area contributed by atoms with Gasteiger partial charge in [0.05, 0.1) is 22.5 Å². The molecule has 6 nitrogen and oxygen atoms in total. The third-order valence-electron chi connectivity index (χ3n) is 8.69. The van der Waals surface area contributed by atoms with Crippen LogP contribution in [0.1, 0.15) is 47.6 Å². The summed E-state index contributed by atoms with van der Waals surface area (Å²) in [7, 11) is 0. The van der Waals surface area contributed by atoms with Crippen LogP contribution in [-0.2, 0) is 6.54 Å². The fourth-order valence-electron chi connectivity index (χ4n) is 6.41. The van der Waals surface area contributed by atoms with Crippen LogP contribution >= 0.6 is 0 Å². The van der Waals surface area contributed by atoms with Crippen LogP contribution in [0.2, 0.25) is 0 Å². The van der Waals surface area contributed by atoms with Crippen molar-refractivity contribution in [3.8, 4) is 12.1 Å². The van der Waals surface area contributed by atoms with Gasteiger partial charge in [-0.1, -0.05) is 36.9 Å². The minimum Gasteiger partial charge on any atom is -0.368 e. The SMILES string of the molecule is C=C(c1cc(CN2CCN(c3ccccc3C#N)CC2)c(C)cc1C)N1CCN(C2=CCCC=C2C#N)CC1C. The summed E-state index contributed by atoms with van der Waals surface area (Å²) in [5.41, 5.74) is 10.00. The molecule has 0 amide bonds. The molecule has 0 spiro atoms. The Labute approximate surface area is 239 Å². The molecule has 206 valence electrons. The summed E-state index contributed by atoms with van der Waals surface area (Å²) in [6, 6.07) is 17.6. The minimum absolute atomic E-state index is 0.303. The van der Waals surface area contributed by atoms with Crippen molar-refractivity contribution in [3.63, 3.8) is 0 Å². The smallest absolute Gasteiger partial charge is 0.101 e. The number of hydrogen-bond acceptors (Lipinski definition) is 6. The van der Waals surface area contributed by atoms with Crippen LogP contribution in [0.5, 0.6) is 0 Å². The largest absolute Gasteiger partial charge is 0.368 e. The van der Waals surface area contributed by atoms with E-state index in [9.17, 15) is 10.5 Å². The summed E-state index contributed by atoms with van der Waals surface area (Å²) >= 11 is 0. The maximum atomic E-state index is 9.60. The van der Waals surface area contributed by atoms with Gasteiger partial charge in [-0.3, -0.25) is 4.90 Å². The van der Waals surface area contributed by atoms with Crippen molar-refractivity contribution in [2.75, 3.05) is 50.7 Å². The number of rotatable bonds is 6. The van der Waals surface area contributed by atoms with Crippen LogP contribution in [0.4, 0.5) is 5.69 Å². The second kappa shape index (κ2) is 12.0. The molecule has 3 aliphatic rings. The molecule has 5 rings (SSSR count). The highest BCUT2D eigenvalue weighted by molar-refractivity contribution is 5.67. The van der Waals surface area contributed by atoms with Crippen molar-refractivity contribution >= 4 is 11.4 Å². The predicted octanol–water partition coefficient (Wildman–Crippen LogP) is 5.60. The number of benzene rings is 2. The zero-order valence-electron chi connectivity index (χ0n) is 24.2. The van der Waals surface area contributed by atoms with E-state index in [0.717, 1.165) is 93.4 Å². The molecule has 0 bridgehead atoms. The third kappa shape index (κ3) is 5.64. The molecule has 2 heterocycles. The summed E-state index contributed by atoms with van der Waals surface area (Å²) in [5.74, 6) is 0. The molecule has 2 aromatic carbocycles. The quantitative estimate of drug-likeness (QED) is 0.483. The maximum absolute atomic E-state index is 9.60. The van der Waals surface area contributed by atoms with E-state index in [4.69, 9.17) is 0 Å². The van der Waals surface area contributed by atoms with Gasteiger partial charge in [0.2, 0.25) is 0 Å². The van der Waals surface area contributed by atoms with Gasteiger partial charge in [0.1, 0.15) is 12.1 Å². The molecule has 0 aromatic heterocycles. The molecule has 1 aliphatic carbocycles. The lowest BCUT2D eigenvalue weighted by atomic mass is 9.96. The Balaban J connectivity index is 1.25. The number of para-hydroxylation sites is 1. The number of nitriles is 2. The van der Waals surface area contributed by atoms with E-state index in [2.05, 4.69) is 89.4 Å². The van der Waals surface area contributed by atoms with Crippen molar-refractivity contribution in [1.82, 2.24) is 14.7 Å². The highest BCUT2D eigenvalue weighted by Gasteiger charge is 2.29. The molecule has 2 aliphatic heterocycles. The molecule has 40 heavy (non-hydrogen) atoms. The minimum atomic E-state index is 0.303. The van der Waals surface area contributed by atoms with Crippen LogP contribution in [0, 0.1) is 36.5 Å². The molecule has 1 atom stereocenters. The van der Waals surface area contributed by atoms with Gasteiger partial charge in [-0.05, 0) is 68.5 Å². The second-order valence-electron chi connectivity index (χ2n) is 11.3. The molecule has 2 saturated heterocycles. The number of anilines is 1. The molecule has 0 saturated carbocycles. The summed E-state index contributed by atoms with van der Waals surface area (Å²) in [6.45, 7) is 18.6. The molecule has 2 aromatic rings. The highest BCUT2D eigenvalue weighted by atomic mass is 15.3. The second-order valence-corrected chi connectivity index (χ2v) is 11.3. The third-order valence-corrected chi connectivity index (χ3v) is 8.69. The molecular formula is C34H40N6. The average Bonchev–Trinajstić information content (AvgIpc) is 2.98. The van der Waals surface area contributed by atoms with E-state index >= 15 is 0 Å².